The van der Waals surface area contributed by atoms with Crippen molar-refractivity contribution in [3.63, 3.8) is 0 Å². The molecule has 0 aliphatic carbocycles. The Labute approximate surface area is 132 Å². The van der Waals surface area contributed by atoms with Gasteiger partial charge in [-0.2, -0.15) is 0 Å². The number of halogens is 1. The van der Waals surface area contributed by atoms with Crippen LogP contribution < -0.4 is 10.1 Å². The van der Waals surface area contributed by atoms with Gasteiger partial charge in [-0.3, -0.25) is 0 Å². The Bertz CT molecular complexity index is 596. The first-order valence-electron chi connectivity index (χ1n) is 7.25. The van der Waals surface area contributed by atoms with Gasteiger partial charge >= 0.3 is 0 Å². The normalized spacial score (nSPS) is 10.9. The SMILES string of the molecule is Cc1cc(Cl)ccc1OCc1cccc(CNC(C)C)c1. The summed E-state index contributed by atoms with van der Waals surface area (Å²) < 4.78 is 5.88. The van der Waals surface area contributed by atoms with E-state index in [-0.39, 0.29) is 0 Å². The molecule has 21 heavy (non-hydrogen) atoms. The molecule has 0 atom stereocenters. The molecule has 2 nitrogen and oxygen atoms in total. The third-order valence-electron chi connectivity index (χ3n) is 3.24. The van der Waals surface area contributed by atoms with Gasteiger partial charge in [0.25, 0.3) is 0 Å². The van der Waals surface area contributed by atoms with E-state index in [9.17, 15) is 0 Å². The average molecular weight is 304 g/mol. The highest BCUT2D eigenvalue weighted by molar-refractivity contribution is 6.30. The summed E-state index contributed by atoms with van der Waals surface area (Å²) in [6, 6.07) is 14.7. The maximum atomic E-state index is 5.95. The molecule has 2 aromatic carbocycles. The minimum atomic E-state index is 0.488. The summed E-state index contributed by atoms with van der Waals surface area (Å²) >= 11 is 5.95. The van der Waals surface area contributed by atoms with Crippen LogP contribution in [-0.4, -0.2) is 6.04 Å². The zero-order valence-electron chi connectivity index (χ0n) is 12.8. The van der Waals surface area contributed by atoms with Gasteiger partial charge in [0.1, 0.15) is 12.4 Å². The Kier molecular flexibility index (Phi) is 5.66. The first-order valence-corrected chi connectivity index (χ1v) is 7.62. The van der Waals surface area contributed by atoms with Crippen molar-refractivity contribution in [2.24, 2.45) is 0 Å². The fourth-order valence-corrected chi connectivity index (χ4v) is 2.31. The molecule has 0 bridgehead atoms. The third-order valence-corrected chi connectivity index (χ3v) is 3.47. The Morgan fingerprint density at radius 2 is 1.86 bits per heavy atom. The Morgan fingerprint density at radius 1 is 1.10 bits per heavy atom. The fourth-order valence-electron chi connectivity index (χ4n) is 2.09. The molecule has 0 heterocycles. The molecule has 112 valence electrons. The highest BCUT2D eigenvalue weighted by Gasteiger charge is 2.02. The molecule has 2 aromatic rings. The number of hydrogen-bond donors (Lipinski definition) is 1. The van der Waals surface area contributed by atoms with Crippen LogP contribution in [0.1, 0.15) is 30.5 Å². The van der Waals surface area contributed by atoms with Gasteiger partial charge in [0, 0.05) is 17.6 Å². The third kappa shape index (κ3) is 5.07. The molecule has 0 aliphatic heterocycles. The van der Waals surface area contributed by atoms with Crippen LogP contribution in [0.2, 0.25) is 5.02 Å². The van der Waals surface area contributed by atoms with Crippen LogP contribution in [0.3, 0.4) is 0 Å². The number of benzene rings is 2. The van der Waals surface area contributed by atoms with Crippen LogP contribution in [0, 0.1) is 6.92 Å². The van der Waals surface area contributed by atoms with Crippen LogP contribution in [0.25, 0.3) is 0 Å². The van der Waals surface area contributed by atoms with Gasteiger partial charge in [0.05, 0.1) is 0 Å². The van der Waals surface area contributed by atoms with Gasteiger partial charge in [-0.05, 0) is 41.8 Å². The predicted octanol–water partition coefficient (Wildman–Crippen LogP) is 4.73. The van der Waals surface area contributed by atoms with Crippen molar-refractivity contribution in [3.8, 4) is 5.75 Å². The first-order chi connectivity index (χ1) is 10.0. The van der Waals surface area contributed by atoms with E-state index in [0.717, 1.165) is 22.9 Å². The van der Waals surface area contributed by atoms with Gasteiger partial charge in [0.15, 0.2) is 0 Å². The van der Waals surface area contributed by atoms with E-state index in [0.29, 0.717) is 12.6 Å². The first kappa shape index (κ1) is 15.9. The molecule has 1 N–H and O–H groups in total. The lowest BCUT2D eigenvalue weighted by atomic mass is 10.1. The minimum Gasteiger partial charge on any atom is -0.489 e. The second-order valence-corrected chi connectivity index (χ2v) is 5.99. The number of nitrogens with one attached hydrogen (secondary N) is 1. The smallest absolute Gasteiger partial charge is 0.122 e. The molecule has 3 heteroatoms. The van der Waals surface area contributed by atoms with Crippen molar-refractivity contribution < 1.29 is 4.74 Å². The molecular formula is C18H22ClNO. The molecule has 2 rings (SSSR count). The molecule has 0 aliphatic rings. The van der Waals surface area contributed by atoms with E-state index in [4.69, 9.17) is 16.3 Å². The van der Waals surface area contributed by atoms with Crippen molar-refractivity contribution in [2.75, 3.05) is 0 Å². The average Bonchev–Trinajstić information content (AvgIpc) is 2.45. The molecular weight excluding hydrogens is 282 g/mol. The minimum absolute atomic E-state index is 0.488. The predicted molar refractivity (Wildman–Crippen MR) is 88.9 cm³/mol. The molecule has 0 saturated carbocycles. The van der Waals surface area contributed by atoms with Gasteiger partial charge < -0.3 is 10.1 Å². The molecule has 0 amide bonds. The Morgan fingerprint density at radius 3 is 2.57 bits per heavy atom. The zero-order valence-corrected chi connectivity index (χ0v) is 13.6. The van der Waals surface area contributed by atoms with Gasteiger partial charge in [0.2, 0.25) is 0 Å². The van der Waals surface area contributed by atoms with Crippen molar-refractivity contribution in [1.82, 2.24) is 5.32 Å². The van der Waals surface area contributed by atoms with Crippen molar-refractivity contribution >= 4 is 11.6 Å². The largest absolute Gasteiger partial charge is 0.489 e. The number of hydrogen-bond acceptors (Lipinski definition) is 2. The summed E-state index contributed by atoms with van der Waals surface area (Å²) in [4.78, 5) is 0. The lowest BCUT2D eigenvalue weighted by molar-refractivity contribution is 0.304. The van der Waals surface area contributed by atoms with Crippen LogP contribution in [-0.2, 0) is 13.2 Å². The Balaban J connectivity index is 1.98. The van der Waals surface area contributed by atoms with Crippen molar-refractivity contribution in [1.29, 1.82) is 0 Å². The maximum absolute atomic E-state index is 5.95. The molecule has 0 spiro atoms. The van der Waals surface area contributed by atoms with Crippen molar-refractivity contribution in [2.45, 2.75) is 40.0 Å². The van der Waals surface area contributed by atoms with E-state index in [1.165, 1.54) is 11.1 Å². The van der Waals surface area contributed by atoms with Crippen LogP contribution in [0.15, 0.2) is 42.5 Å². The molecule has 0 fully saturated rings. The van der Waals surface area contributed by atoms with Crippen LogP contribution in [0.5, 0.6) is 5.75 Å². The highest BCUT2D eigenvalue weighted by Crippen LogP contribution is 2.22. The fraction of sp³-hybridized carbons (Fsp3) is 0.333. The summed E-state index contributed by atoms with van der Waals surface area (Å²) in [6.45, 7) is 7.75. The van der Waals surface area contributed by atoms with Crippen LogP contribution >= 0.6 is 11.6 Å². The van der Waals surface area contributed by atoms with E-state index >= 15 is 0 Å². The van der Waals surface area contributed by atoms with Gasteiger partial charge in [-0.25, -0.2) is 0 Å². The van der Waals surface area contributed by atoms with E-state index in [2.05, 4.69) is 43.4 Å². The number of rotatable bonds is 6. The molecule has 0 aromatic heterocycles. The summed E-state index contributed by atoms with van der Waals surface area (Å²) in [5.41, 5.74) is 3.50. The summed E-state index contributed by atoms with van der Waals surface area (Å²) in [7, 11) is 0. The Hall–Kier alpha value is -1.51. The summed E-state index contributed by atoms with van der Waals surface area (Å²) in [6.07, 6.45) is 0. The number of aryl methyl sites for hydroxylation is 1. The van der Waals surface area contributed by atoms with Crippen LogP contribution in [0.4, 0.5) is 0 Å². The van der Waals surface area contributed by atoms with E-state index in [1.807, 2.05) is 25.1 Å². The second-order valence-electron chi connectivity index (χ2n) is 5.55. The molecule has 0 radical (unpaired) electrons. The summed E-state index contributed by atoms with van der Waals surface area (Å²) in [5.74, 6) is 0.880. The maximum Gasteiger partial charge on any atom is 0.122 e. The lowest BCUT2D eigenvalue weighted by Crippen LogP contribution is -2.21. The standard InChI is InChI=1S/C18H22ClNO/c1-13(2)20-11-15-5-4-6-16(10-15)12-21-18-8-7-17(19)9-14(18)3/h4-10,13,20H,11-12H2,1-3H3. The second kappa shape index (κ2) is 7.48. The van der Waals surface area contributed by atoms with Crippen molar-refractivity contribution in [3.05, 3.63) is 64.2 Å². The topological polar surface area (TPSA) is 21.3 Å². The van der Waals surface area contributed by atoms with Gasteiger partial charge in [-0.1, -0.05) is 49.7 Å². The zero-order chi connectivity index (χ0) is 15.2. The summed E-state index contributed by atoms with van der Waals surface area (Å²) in [5, 5.41) is 4.16. The molecule has 0 saturated heterocycles. The van der Waals surface area contributed by atoms with E-state index in [1.54, 1.807) is 0 Å². The van der Waals surface area contributed by atoms with E-state index < -0.39 is 0 Å². The monoisotopic (exact) mass is 303 g/mol. The number of ether oxygens (including phenoxy) is 1. The quantitative estimate of drug-likeness (QED) is 0.833. The highest BCUT2D eigenvalue weighted by atomic mass is 35.5. The van der Waals surface area contributed by atoms with Gasteiger partial charge in [-0.15, -0.1) is 0 Å². The lowest BCUT2D eigenvalue weighted by Gasteiger charge is -2.11. The molecule has 0 unspecified atom stereocenters.